The molecule has 1 fully saturated rings. The predicted molar refractivity (Wildman–Crippen MR) is 106 cm³/mol. The van der Waals surface area contributed by atoms with Gasteiger partial charge < -0.3 is 9.26 Å². The van der Waals surface area contributed by atoms with E-state index in [0.717, 1.165) is 32.1 Å². The third-order valence-electron chi connectivity index (χ3n) is 4.95. The maximum Gasteiger partial charge on any atom is 0.414 e. The molecule has 0 bridgehead atoms. The third kappa shape index (κ3) is 4.53. The first-order valence-corrected chi connectivity index (χ1v) is 9.81. The first-order valence-electron chi connectivity index (χ1n) is 9.81. The van der Waals surface area contributed by atoms with Crippen LogP contribution in [0, 0.1) is 5.82 Å². The Morgan fingerprint density at radius 2 is 1.87 bits per heavy atom. The van der Waals surface area contributed by atoms with Crippen molar-refractivity contribution in [1.82, 2.24) is 15.5 Å². The van der Waals surface area contributed by atoms with Gasteiger partial charge in [-0.15, -0.1) is 0 Å². The number of halogens is 1. The average Bonchev–Trinajstić information content (AvgIpc) is 3.25. The first kappa shape index (κ1) is 19.8. The van der Waals surface area contributed by atoms with Crippen LogP contribution in [-0.4, -0.2) is 28.2 Å². The molecule has 2 aromatic carbocycles. The number of carbonyl (C=O) groups is 2. The molecule has 1 saturated carbocycles. The fourth-order valence-corrected chi connectivity index (χ4v) is 3.41. The van der Waals surface area contributed by atoms with E-state index in [9.17, 15) is 14.0 Å². The van der Waals surface area contributed by atoms with Gasteiger partial charge in [0.25, 0.3) is 11.8 Å². The lowest BCUT2D eigenvalue weighted by Crippen LogP contribution is -2.34. The van der Waals surface area contributed by atoms with Gasteiger partial charge >= 0.3 is 6.09 Å². The second-order valence-corrected chi connectivity index (χ2v) is 7.10. The highest BCUT2D eigenvalue weighted by Gasteiger charge is 2.20. The van der Waals surface area contributed by atoms with Crippen LogP contribution in [0.25, 0.3) is 22.8 Å². The van der Waals surface area contributed by atoms with Gasteiger partial charge in [0.15, 0.2) is 0 Å². The van der Waals surface area contributed by atoms with Gasteiger partial charge in [0, 0.05) is 11.1 Å². The van der Waals surface area contributed by atoms with E-state index in [2.05, 4.69) is 15.5 Å². The molecule has 3 aromatic rings. The predicted octanol–water partition coefficient (Wildman–Crippen LogP) is 4.74. The quantitative estimate of drug-likeness (QED) is 0.669. The minimum atomic E-state index is -0.751. The smallest absolute Gasteiger partial charge is 0.414 e. The van der Waals surface area contributed by atoms with Crippen molar-refractivity contribution in [3.05, 3.63) is 59.9 Å². The van der Waals surface area contributed by atoms with Crippen molar-refractivity contribution in [2.45, 2.75) is 38.2 Å². The van der Waals surface area contributed by atoms with Crippen molar-refractivity contribution in [2.24, 2.45) is 0 Å². The van der Waals surface area contributed by atoms with E-state index < -0.39 is 17.8 Å². The highest BCUT2D eigenvalue weighted by molar-refractivity contribution is 6.03. The number of hydrogen-bond acceptors (Lipinski definition) is 6. The molecule has 1 aliphatic rings. The average molecular weight is 409 g/mol. The van der Waals surface area contributed by atoms with Crippen LogP contribution in [0.5, 0.6) is 0 Å². The number of ether oxygens (including phenoxy) is 1. The molecule has 4 rings (SSSR count). The number of aromatic nitrogens is 2. The van der Waals surface area contributed by atoms with Crippen molar-refractivity contribution >= 4 is 12.0 Å². The van der Waals surface area contributed by atoms with Crippen molar-refractivity contribution in [1.29, 1.82) is 0 Å². The number of imide groups is 1. The molecule has 2 amide bonds. The molecule has 0 unspecified atom stereocenters. The highest BCUT2D eigenvalue weighted by Crippen LogP contribution is 2.25. The van der Waals surface area contributed by atoms with E-state index >= 15 is 0 Å². The summed E-state index contributed by atoms with van der Waals surface area (Å²) in [7, 11) is 0. The monoisotopic (exact) mass is 409 g/mol. The lowest BCUT2D eigenvalue weighted by molar-refractivity contribution is 0.0695. The van der Waals surface area contributed by atoms with Crippen molar-refractivity contribution in [2.75, 3.05) is 0 Å². The van der Waals surface area contributed by atoms with Gasteiger partial charge in [-0.1, -0.05) is 35.8 Å². The molecular weight excluding hydrogens is 389 g/mol. The number of rotatable bonds is 4. The second kappa shape index (κ2) is 8.86. The van der Waals surface area contributed by atoms with Crippen LogP contribution >= 0.6 is 0 Å². The Kier molecular flexibility index (Phi) is 5.83. The molecule has 0 spiro atoms. The molecule has 0 radical (unpaired) electrons. The maximum atomic E-state index is 13.9. The van der Waals surface area contributed by atoms with Crippen LogP contribution in [-0.2, 0) is 4.74 Å². The topological polar surface area (TPSA) is 94.3 Å². The summed E-state index contributed by atoms with van der Waals surface area (Å²) in [5.41, 5.74) is 0.926. The molecule has 1 aliphatic carbocycles. The number of hydrogen-bond donors (Lipinski definition) is 1. The van der Waals surface area contributed by atoms with Crippen molar-refractivity contribution < 1.29 is 23.2 Å². The van der Waals surface area contributed by atoms with E-state index in [0.29, 0.717) is 5.56 Å². The Morgan fingerprint density at radius 1 is 1.07 bits per heavy atom. The van der Waals surface area contributed by atoms with E-state index in [1.807, 2.05) is 0 Å². The van der Waals surface area contributed by atoms with E-state index in [-0.39, 0.29) is 28.9 Å². The van der Waals surface area contributed by atoms with Crippen molar-refractivity contribution in [3.63, 3.8) is 0 Å². The Balaban J connectivity index is 1.45. The standard InChI is InChI=1S/C22H20FN3O4/c23-18-12-5-4-11-17(18)21-24-19(26-30-21)14-7-6-8-15(13-14)20(27)25-22(28)29-16-9-2-1-3-10-16/h4-8,11-13,16H,1-3,9-10H2,(H,25,27,28). The Morgan fingerprint density at radius 3 is 2.67 bits per heavy atom. The SMILES string of the molecule is O=C(NC(=O)c1cccc(-c2noc(-c3ccccc3F)n2)c1)OC1CCCCC1. The van der Waals surface area contributed by atoms with Gasteiger partial charge in [0.2, 0.25) is 5.82 Å². The molecule has 0 saturated heterocycles. The van der Waals surface area contributed by atoms with Gasteiger partial charge in [-0.05, 0) is 49.9 Å². The van der Waals surface area contributed by atoms with Crippen LogP contribution < -0.4 is 5.32 Å². The normalized spacial score (nSPS) is 14.3. The largest absolute Gasteiger partial charge is 0.446 e. The van der Waals surface area contributed by atoms with E-state index in [1.54, 1.807) is 30.3 Å². The van der Waals surface area contributed by atoms with Gasteiger partial charge in [-0.25, -0.2) is 9.18 Å². The Bertz CT molecular complexity index is 1060. The summed E-state index contributed by atoms with van der Waals surface area (Å²) in [6.45, 7) is 0. The zero-order valence-electron chi connectivity index (χ0n) is 16.1. The first-order chi connectivity index (χ1) is 14.6. The number of nitrogens with zero attached hydrogens (tertiary/aromatic N) is 2. The number of amides is 2. The van der Waals surface area contributed by atoms with Gasteiger partial charge in [0.05, 0.1) is 5.56 Å². The number of nitrogens with one attached hydrogen (secondary N) is 1. The summed E-state index contributed by atoms with van der Waals surface area (Å²) in [5, 5.41) is 6.11. The minimum absolute atomic E-state index is 0.0361. The molecule has 8 heteroatoms. The summed E-state index contributed by atoms with van der Waals surface area (Å²) in [4.78, 5) is 28.6. The lowest BCUT2D eigenvalue weighted by Gasteiger charge is -2.21. The lowest BCUT2D eigenvalue weighted by atomic mass is 9.98. The Labute approximate surface area is 172 Å². The molecule has 0 aliphatic heterocycles. The van der Waals surface area contributed by atoms with Gasteiger partial charge in [-0.2, -0.15) is 4.98 Å². The highest BCUT2D eigenvalue weighted by atomic mass is 19.1. The molecule has 1 N–H and O–H groups in total. The summed E-state index contributed by atoms with van der Waals surface area (Å²) >= 11 is 0. The summed E-state index contributed by atoms with van der Waals surface area (Å²) in [6, 6.07) is 12.5. The van der Waals surface area contributed by atoms with Gasteiger partial charge in [0.1, 0.15) is 11.9 Å². The molecular formula is C22H20FN3O4. The zero-order chi connectivity index (χ0) is 20.9. The number of benzene rings is 2. The number of carbonyl (C=O) groups excluding carboxylic acids is 2. The van der Waals surface area contributed by atoms with Crippen LogP contribution in [0.3, 0.4) is 0 Å². The third-order valence-corrected chi connectivity index (χ3v) is 4.95. The van der Waals surface area contributed by atoms with E-state index in [1.165, 1.54) is 18.2 Å². The molecule has 1 heterocycles. The zero-order valence-corrected chi connectivity index (χ0v) is 16.1. The van der Waals surface area contributed by atoms with E-state index in [4.69, 9.17) is 9.26 Å². The molecule has 1 aromatic heterocycles. The van der Waals surface area contributed by atoms with Crippen molar-refractivity contribution in [3.8, 4) is 22.8 Å². The summed E-state index contributed by atoms with van der Waals surface area (Å²) in [6.07, 6.45) is 3.93. The minimum Gasteiger partial charge on any atom is -0.446 e. The van der Waals surface area contributed by atoms with Gasteiger partial charge in [-0.3, -0.25) is 10.1 Å². The molecule has 7 nitrogen and oxygen atoms in total. The molecule has 154 valence electrons. The van der Waals surface area contributed by atoms with Crippen LogP contribution in [0.1, 0.15) is 42.5 Å². The fraction of sp³-hybridized carbons (Fsp3) is 0.273. The van der Waals surface area contributed by atoms with Crippen LogP contribution in [0.15, 0.2) is 53.1 Å². The second-order valence-electron chi connectivity index (χ2n) is 7.10. The molecule has 0 atom stereocenters. The van der Waals surface area contributed by atoms with Crippen LogP contribution in [0.4, 0.5) is 9.18 Å². The summed E-state index contributed by atoms with van der Waals surface area (Å²) in [5.74, 6) is -0.825. The van der Waals surface area contributed by atoms with Crippen LogP contribution in [0.2, 0.25) is 0 Å². The number of alkyl carbamates (subject to hydrolysis) is 1. The summed E-state index contributed by atoms with van der Waals surface area (Å²) < 4.78 is 24.4. The Hall–Kier alpha value is -3.55. The maximum absolute atomic E-state index is 13.9. The fourth-order valence-electron chi connectivity index (χ4n) is 3.41. The molecule has 30 heavy (non-hydrogen) atoms.